The van der Waals surface area contributed by atoms with Crippen molar-refractivity contribution >= 4 is 12.1 Å². The van der Waals surface area contributed by atoms with Gasteiger partial charge in [-0.25, -0.2) is 14.0 Å². The Balaban J connectivity index is 1.93. The number of carboxylic acid groups (broad SMARTS) is 1. The molecule has 0 unspecified atom stereocenters. The third kappa shape index (κ3) is 3.61. The van der Waals surface area contributed by atoms with Gasteiger partial charge in [0, 0.05) is 24.7 Å². The van der Waals surface area contributed by atoms with Gasteiger partial charge >= 0.3 is 12.1 Å². The molecule has 26 heavy (non-hydrogen) atoms. The summed E-state index contributed by atoms with van der Waals surface area (Å²) in [5.41, 5.74) is 1.81. The quantitative estimate of drug-likeness (QED) is 0.840. The van der Waals surface area contributed by atoms with Crippen LogP contribution in [0.1, 0.15) is 28.4 Å². The van der Waals surface area contributed by atoms with Gasteiger partial charge in [0.25, 0.3) is 0 Å². The van der Waals surface area contributed by atoms with Gasteiger partial charge in [0.2, 0.25) is 0 Å². The number of ether oxygens (including phenoxy) is 2. The summed E-state index contributed by atoms with van der Waals surface area (Å²) >= 11 is 0. The Hall–Kier alpha value is -3.09. The van der Waals surface area contributed by atoms with Crippen molar-refractivity contribution < 1.29 is 28.6 Å². The maximum Gasteiger partial charge on any atom is 0.407 e. The lowest BCUT2D eigenvalue weighted by atomic mass is 9.99. The van der Waals surface area contributed by atoms with Crippen molar-refractivity contribution in [2.45, 2.75) is 19.9 Å². The highest BCUT2D eigenvalue weighted by atomic mass is 19.1. The zero-order valence-electron chi connectivity index (χ0n) is 14.2. The van der Waals surface area contributed by atoms with Gasteiger partial charge in [-0.05, 0) is 37.1 Å². The summed E-state index contributed by atoms with van der Waals surface area (Å²) in [6, 6.07) is 8.92. The fourth-order valence-corrected chi connectivity index (χ4v) is 2.91. The molecule has 2 aromatic carbocycles. The monoisotopic (exact) mass is 359 g/mol. The maximum absolute atomic E-state index is 13.7. The van der Waals surface area contributed by atoms with E-state index >= 15 is 0 Å². The topological polar surface area (TPSA) is 76.1 Å². The first-order valence-corrected chi connectivity index (χ1v) is 8.22. The van der Waals surface area contributed by atoms with Crippen LogP contribution in [0.5, 0.6) is 11.5 Å². The third-order valence-electron chi connectivity index (χ3n) is 4.15. The first-order valence-electron chi connectivity index (χ1n) is 8.22. The van der Waals surface area contributed by atoms with Crippen molar-refractivity contribution in [3.05, 3.63) is 58.9 Å². The molecule has 0 spiro atoms. The molecule has 2 aromatic rings. The summed E-state index contributed by atoms with van der Waals surface area (Å²) in [5.74, 6) is -0.583. The summed E-state index contributed by atoms with van der Waals surface area (Å²) in [6.07, 6.45) is -0.501. The van der Waals surface area contributed by atoms with Crippen molar-refractivity contribution in [3.63, 3.8) is 0 Å². The molecule has 136 valence electrons. The van der Waals surface area contributed by atoms with Crippen molar-refractivity contribution in [2.75, 3.05) is 13.2 Å². The van der Waals surface area contributed by atoms with Crippen LogP contribution >= 0.6 is 0 Å². The standard InChI is InChI=1S/C19H18FNO5/c1-2-25-18(22)15-7-6-13(20)10-17(15)26-16-5-3-4-12-11-21(19(23)24)9-8-14(12)16/h3-7,10H,2,8-9,11H2,1H3,(H,23,24). The number of rotatable bonds is 4. The predicted molar refractivity (Wildman–Crippen MR) is 91.0 cm³/mol. The smallest absolute Gasteiger partial charge is 0.407 e. The minimum Gasteiger partial charge on any atom is -0.465 e. The number of benzene rings is 2. The molecule has 1 aliphatic heterocycles. The summed E-state index contributed by atoms with van der Waals surface area (Å²) in [5, 5.41) is 9.15. The number of esters is 1. The lowest BCUT2D eigenvalue weighted by Gasteiger charge is -2.27. The van der Waals surface area contributed by atoms with E-state index in [-0.39, 0.29) is 24.5 Å². The van der Waals surface area contributed by atoms with Crippen LogP contribution in [-0.4, -0.2) is 35.2 Å². The second-order valence-corrected chi connectivity index (χ2v) is 5.81. The molecule has 0 saturated heterocycles. The molecule has 0 atom stereocenters. The molecule has 0 bridgehead atoms. The zero-order chi connectivity index (χ0) is 18.7. The fourth-order valence-electron chi connectivity index (χ4n) is 2.91. The highest BCUT2D eigenvalue weighted by molar-refractivity contribution is 5.92. The van der Waals surface area contributed by atoms with E-state index < -0.39 is 17.9 Å². The predicted octanol–water partition coefficient (Wildman–Crippen LogP) is 3.83. The molecule has 1 aliphatic rings. The first-order chi connectivity index (χ1) is 12.5. The molecule has 0 saturated carbocycles. The minimum absolute atomic E-state index is 0.0671. The number of hydrogen-bond donors (Lipinski definition) is 1. The molecular formula is C19H18FNO5. The van der Waals surface area contributed by atoms with E-state index in [1.165, 1.54) is 17.0 Å². The molecule has 0 radical (unpaired) electrons. The first kappa shape index (κ1) is 17.7. The normalized spacial score (nSPS) is 13.1. The number of halogens is 1. The van der Waals surface area contributed by atoms with E-state index in [0.29, 0.717) is 18.7 Å². The molecule has 1 heterocycles. The maximum atomic E-state index is 13.7. The van der Waals surface area contributed by atoms with E-state index in [9.17, 15) is 14.0 Å². The molecule has 6 nitrogen and oxygen atoms in total. The van der Waals surface area contributed by atoms with Gasteiger partial charge in [0.1, 0.15) is 22.9 Å². The van der Waals surface area contributed by atoms with Gasteiger partial charge in [0.05, 0.1) is 6.61 Å². The summed E-state index contributed by atoms with van der Waals surface area (Å²) in [7, 11) is 0. The zero-order valence-corrected chi connectivity index (χ0v) is 14.2. The van der Waals surface area contributed by atoms with E-state index in [1.54, 1.807) is 19.1 Å². The van der Waals surface area contributed by atoms with E-state index in [0.717, 1.165) is 17.2 Å². The Morgan fingerprint density at radius 1 is 1.23 bits per heavy atom. The second kappa shape index (κ2) is 7.43. The van der Waals surface area contributed by atoms with E-state index in [2.05, 4.69) is 0 Å². The molecule has 7 heteroatoms. The van der Waals surface area contributed by atoms with Crippen LogP contribution in [0.4, 0.5) is 9.18 Å². The SMILES string of the molecule is CCOC(=O)c1ccc(F)cc1Oc1cccc2c1CCN(C(=O)O)C2. The summed E-state index contributed by atoms with van der Waals surface area (Å²) in [6.45, 7) is 2.48. The summed E-state index contributed by atoms with van der Waals surface area (Å²) < 4.78 is 24.5. The van der Waals surface area contributed by atoms with Gasteiger partial charge < -0.3 is 19.5 Å². The number of carbonyl (C=O) groups excluding carboxylic acids is 1. The average Bonchev–Trinajstić information content (AvgIpc) is 2.61. The lowest BCUT2D eigenvalue weighted by Crippen LogP contribution is -2.34. The van der Waals surface area contributed by atoms with Crippen LogP contribution in [-0.2, 0) is 17.7 Å². The summed E-state index contributed by atoms with van der Waals surface area (Å²) in [4.78, 5) is 24.6. The number of hydrogen-bond acceptors (Lipinski definition) is 4. The number of amides is 1. The Bertz CT molecular complexity index is 852. The van der Waals surface area contributed by atoms with Gasteiger partial charge in [-0.1, -0.05) is 12.1 Å². The van der Waals surface area contributed by atoms with E-state index in [1.807, 2.05) is 6.07 Å². The molecule has 1 N–H and O–H groups in total. The van der Waals surface area contributed by atoms with Crippen molar-refractivity contribution in [2.24, 2.45) is 0 Å². The largest absolute Gasteiger partial charge is 0.465 e. The lowest BCUT2D eigenvalue weighted by molar-refractivity contribution is 0.0523. The van der Waals surface area contributed by atoms with E-state index in [4.69, 9.17) is 14.6 Å². The number of carbonyl (C=O) groups is 2. The Kier molecular flexibility index (Phi) is 5.06. The highest BCUT2D eigenvalue weighted by Crippen LogP contribution is 2.33. The number of nitrogens with zero attached hydrogens (tertiary/aromatic N) is 1. The van der Waals surface area contributed by atoms with Crippen molar-refractivity contribution in [3.8, 4) is 11.5 Å². The van der Waals surface area contributed by atoms with Gasteiger partial charge in [-0.2, -0.15) is 0 Å². The molecule has 0 aliphatic carbocycles. The van der Waals surface area contributed by atoms with Crippen LogP contribution in [0.3, 0.4) is 0 Å². The van der Waals surface area contributed by atoms with Crippen LogP contribution in [0.25, 0.3) is 0 Å². The Morgan fingerprint density at radius 2 is 2.04 bits per heavy atom. The van der Waals surface area contributed by atoms with Crippen LogP contribution in [0.2, 0.25) is 0 Å². The Labute approximate surface area is 149 Å². The molecular weight excluding hydrogens is 341 g/mol. The van der Waals surface area contributed by atoms with Gasteiger partial charge in [-0.15, -0.1) is 0 Å². The average molecular weight is 359 g/mol. The molecule has 1 amide bonds. The van der Waals surface area contributed by atoms with Gasteiger partial charge in [-0.3, -0.25) is 0 Å². The second-order valence-electron chi connectivity index (χ2n) is 5.81. The van der Waals surface area contributed by atoms with Gasteiger partial charge in [0.15, 0.2) is 0 Å². The van der Waals surface area contributed by atoms with Crippen LogP contribution in [0, 0.1) is 5.82 Å². The molecule has 0 aromatic heterocycles. The van der Waals surface area contributed by atoms with Crippen molar-refractivity contribution in [1.29, 1.82) is 0 Å². The van der Waals surface area contributed by atoms with Crippen LogP contribution < -0.4 is 4.74 Å². The highest BCUT2D eigenvalue weighted by Gasteiger charge is 2.23. The fraction of sp³-hybridized carbons (Fsp3) is 0.263. The number of fused-ring (bicyclic) bond motifs is 1. The minimum atomic E-state index is -0.975. The third-order valence-corrected chi connectivity index (χ3v) is 4.15. The van der Waals surface area contributed by atoms with Crippen molar-refractivity contribution in [1.82, 2.24) is 4.90 Å². The van der Waals surface area contributed by atoms with Crippen LogP contribution in [0.15, 0.2) is 36.4 Å². The molecule has 0 fully saturated rings. The molecule has 3 rings (SSSR count). The Morgan fingerprint density at radius 3 is 2.77 bits per heavy atom.